The van der Waals surface area contributed by atoms with Crippen molar-refractivity contribution in [1.29, 1.82) is 0 Å². The van der Waals surface area contributed by atoms with Crippen molar-refractivity contribution in [3.63, 3.8) is 0 Å². The molecule has 0 spiro atoms. The molecule has 0 radical (unpaired) electrons. The van der Waals surface area contributed by atoms with E-state index in [1.54, 1.807) is 55.5 Å². The van der Waals surface area contributed by atoms with E-state index in [1.807, 2.05) is 20.8 Å². The Morgan fingerprint density at radius 2 is 1.72 bits per heavy atom. The highest BCUT2D eigenvalue weighted by atomic mass is 35.5. The number of aromatic nitrogens is 1. The minimum Gasteiger partial charge on any atom is -0.497 e. The van der Waals surface area contributed by atoms with Gasteiger partial charge in [0, 0.05) is 29.5 Å². The molecular weight excluding hydrogens is 524 g/mol. The van der Waals surface area contributed by atoms with Crippen LogP contribution in [0.15, 0.2) is 53.1 Å². The molecule has 1 heterocycles. The fourth-order valence-electron chi connectivity index (χ4n) is 3.88. The molecule has 10 nitrogen and oxygen atoms in total. The van der Waals surface area contributed by atoms with Crippen molar-refractivity contribution in [3.8, 4) is 11.5 Å². The zero-order valence-corrected chi connectivity index (χ0v) is 23.6. The molecule has 0 saturated carbocycles. The maximum Gasteiger partial charge on any atom is 0.248 e. The number of halogens is 1. The van der Waals surface area contributed by atoms with Crippen molar-refractivity contribution in [2.45, 2.75) is 52.1 Å². The maximum atomic E-state index is 13.9. The van der Waals surface area contributed by atoms with Crippen molar-refractivity contribution in [2.75, 3.05) is 24.4 Å². The van der Waals surface area contributed by atoms with Gasteiger partial charge in [-0.1, -0.05) is 28.9 Å². The Morgan fingerprint density at radius 1 is 1.03 bits per heavy atom. The number of amides is 3. The van der Waals surface area contributed by atoms with Gasteiger partial charge in [-0.2, -0.15) is 0 Å². The monoisotopic (exact) mass is 556 g/mol. The minimum atomic E-state index is -1.11. The zero-order valence-electron chi connectivity index (χ0n) is 22.8. The van der Waals surface area contributed by atoms with Crippen LogP contribution in [0.5, 0.6) is 11.5 Å². The SMILES string of the molecule is COc1ccc(C(C(=O)NC(C)(C)C)N(C(=O)CCC(=O)Nc2cc(C)on2)c2cc(Cl)ccc2OC)cc1. The summed E-state index contributed by atoms with van der Waals surface area (Å²) in [6, 6.07) is 12.1. The highest BCUT2D eigenvalue weighted by Crippen LogP contribution is 2.38. The summed E-state index contributed by atoms with van der Waals surface area (Å²) >= 11 is 6.33. The second-order valence-corrected chi connectivity index (χ2v) is 10.3. The van der Waals surface area contributed by atoms with Crippen LogP contribution in [0, 0.1) is 6.92 Å². The van der Waals surface area contributed by atoms with Gasteiger partial charge in [-0.15, -0.1) is 0 Å². The van der Waals surface area contributed by atoms with Gasteiger partial charge >= 0.3 is 0 Å². The molecule has 0 aliphatic rings. The van der Waals surface area contributed by atoms with E-state index in [1.165, 1.54) is 19.1 Å². The molecule has 1 aromatic heterocycles. The molecule has 0 bridgehead atoms. The summed E-state index contributed by atoms with van der Waals surface area (Å²) in [5.41, 5.74) is 0.216. The van der Waals surface area contributed by atoms with Crippen LogP contribution < -0.4 is 25.0 Å². The third kappa shape index (κ3) is 7.97. The van der Waals surface area contributed by atoms with Crippen LogP contribution >= 0.6 is 11.6 Å². The number of aryl methyl sites for hydroxylation is 1. The minimum absolute atomic E-state index is 0.166. The van der Waals surface area contributed by atoms with E-state index in [-0.39, 0.29) is 24.3 Å². The van der Waals surface area contributed by atoms with Crippen molar-refractivity contribution < 1.29 is 28.4 Å². The van der Waals surface area contributed by atoms with E-state index in [9.17, 15) is 14.4 Å². The van der Waals surface area contributed by atoms with E-state index >= 15 is 0 Å². The summed E-state index contributed by atoms with van der Waals surface area (Å²) in [7, 11) is 3.00. The molecule has 39 heavy (non-hydrogen) atoms. The quantitative estimate of drug-likeness (QED) is 0.358. The third-order valence-corrected chi connectivity index (χ3v) is 5.80. The first kappa shape index (κ1) is 29.5. The molecule has 1 atom stereocenters. The Balaban J connectivity index is 2.04. The summed E-state index contributed by atoms with van der Waals surface area (Å²) < 4.78 is 15.8. The van der Waals surface area contributed by atoms with Crippen LogP contribution in [0.4, 0.5) is 11.5 Å². The van der Waals surface area contributed by atoms with Crippen LogP contribution in [-0.4, -0.2) is 42.6 Å². The molecule has 0 aliphatic carbocycles. The number of methoxy groups -OCH3 is 2. The number of carbonyl (C=O) groups excluding carboxylic acids is 3. The Morgan fingerprint density at radius 3 is 2.28 bits per heavy atom. The average molecular weight is 557 g/mol. The first-order valence-electron chi connectivity index (χ1n) is 12.3. The molecule has 11 heteroatoms. The Kier molecular flexibility index (Phi) is 9.58. The zero-order chi connectivity index (χ0) is 28.7. The molecular formula is C28H33ClN4O6. The summed E-state index contributed by atoms with van der Waals surface area (Å²) in [5, 5.41) is 9.65. The molecule has 3 rings (SSSR count). The van der Waals surface area contributed by atoms with Gasteiger partial charge in [0.25, 0.3) is 0 Å². The van der Waals surface area contributed by atoms with Crippen LogP contribution in [0.1, 0.15) is 51.0 Å². The lowest BCUT2D eigenvalue weighted by atomic mass is 10.00. The largest absolute Gasteiger partial charge is 0.497 e. The molecule has 0 aliphatic heterocycles. The van der Waals surface area contributed by atoms with Gasteiger partial charge in [0.05, 0.1) is 19.9 Å². The molecule has 2 aromatic carbocycles. The predicted molar refractivity (Wildman–Crippen MR) is 148 cm³/mol. The van der Waals surface area contributed by atoms with Crippen LogP contribution in [0.25, 0.3) is 0 Å². The highest BCUT2D eigenvalue weighted by Gasteiger charge is 2.36. The van der Waals surface area contributed by atoms with Crippen LogP contribution in [0.3, 0.4) is 0 Å². The fourth-order valence-corrected chi connectivity index (χ4v) is 4.05. The van der Waals surface area contributed by atoms with E-state index < -0.39 is 29.3 Å². The summed E-state index contributed by atoms with van der Waals surface area (Å²) in [6.07, 6.45) is -0.381. The number of carbonyl (C=O) groups is 3. The second-order valence-electron chi connectivity index (χ2n) is 9.87. The lowest BCUT2D eigenvalue weighted by Crippen LogP contribution is -2.49. The molecule has 0 fully saturated rings. The average Bonchev–Trinajstić information content (AvgIpc) is 3.28. The Bertz CT molecular complexity index is 1320. The first-order valence-corrected chi connectivity index (χ1v) is 12.6. The second kappa shape index (κ2) is 12.7. The summed E-state index contributed by atoms with van der Waals surface area (Å²) in [6.45, 7) is 7.23. The van der Waals surface area contributed by atoms with Gasteiger partial charge in [-0.25, -0.2) is 0 Å². The number of rotatable bonds is 10. The fraction of sp³-hybridized carbons (Fsp3) is 0.357. The molecule has 2 N–H and O–H groups in total. The number of benzene rings is 2. The van der Waals surface area contributed by atoms with Gasteiger partial charge in [0.15, 0.2) is 5.82 Å². The number of ether oxygens (including phenoxy) is 2. The van der Waals surface area contributed by atoms with Crippen molar-refractivity contribution in [3.05, 3.63) is 64.9 Å². The molecule has 208 valence electrons. The standard InChI is InChI=1S/C28H33ClN4O6/c1-17-15-23(32-39-17)30-24(34)13-14-25(35)33(21-16-19(29)9-12-22(21)38-6)26(27(36)31-28(2,3)4)18-7-10-20(37-5)11-8-18/h7-12,15-16,26H,13-14H2,1-6H3,(H,31,36)(H,30,32,34). The van der Waals surface area contributed by atoms with E-state index in [0.717, 1.165) is 0 Å². The molecule has 3 aromatic rings. The normalized spacial score (nSPS) is 11.9. The first-order chi connectivity index (χ1) is 18.4. The van der Waals surface area contributed by atoms with E-state index in [2.05, 4.69) is 15.8 Å². The number of nitrogens with one attached hydrogen (secondary N) is 2. The smallest absolute Gasteiger partial charge is 0.248 e. The topological polar surface area (TPSA) is 123 Å². The highest BCUT2D eigenvalue weighted by molar-refractivity contribution is 6.31. The van der Waals surface area contributed by atoms with Crippen molar-refractivity contribution in [2.24, 2.45) is 0 Å². The van der Waals surface area contributed by atoms with Crippen LogP contribution in [-0.2, 0) is 14.4 Å². The molecule has 3 amide bonds. The number of anilines is 2. The number of hydrogen-bond donors (Lipinski definition) is 2. The summed E-state index contributed by atoms with van der Waals surface area (Å²) in [4.78, 5) is 41.6. The lowest BCUT2D eigenvalue weighted by Gasteiger charge is -2.34. The van der Waals surface area contributed by atoms with E-state index in [0.29, 0.717) is 27.8 Å². The van der Waals surface area contributed by atoms with Crippen molar-refractivity contribution >= 4 is 40.8 Å². The number of nitrogens with zero attached hydrogens (tertiary/aromatic N) is 2. The van der Waals surface area contributed by atoms with Gasteiger partial charge in [0.2, 0.25) is 17.7 Å². The maximum absolute atomic E-state index is 13.9. The van der Waals surface area contributed by atoms with Gasteiger partial charge in [0.1, 0.15) is 23.3 Å². The Labute approximate surface area is 232 Å². The predicted octanol–water partition coefficient (Wildman–Crippen LogP) is 5.06. The lowest BCUT2D eigenvalue weighted by molar-refractivity contribution is -0.128. The van der Waals surface area contributed by atoms with E-state index in [4.69, 9.17) is 25.6 Å². The van der Waals surface area contributed by atoms with Crippen LogP contribution in [0.2, 0.25) is 5.02 Å². The summed E-state index contributed by atoms with van der Waals surface area (Å²) in [5.74, 6) is 0.350. The van der Waals surface area contributed by atoms with Gasteiger partial charge in [-0.3, -0.25) is 19.3 Å². The van der Waals surface area contributed by atoms with Gasteiger partial charge < -0.3 is 24.6 Å². The molecule has 0 saturated heterocycles. The molecule has 1 unspecified atom stereocenters. The van der Waals surface area contributed by atoms with Gasteiger partial charge in [-0.05, 0) is 63.6 Å². The Hall–Kier alpha value is -4.05. The van der Waals surface area contributed by atoms with Crippen molar-refractivity contribution in [1.82, 2.24) is 10.5 Å². The third-order valence-electron chi connectivity index (χ3n) is 5.57. The number of hydrogen-bond acceptors (Lipinski definition) is 7.